The Kier molecular flexibility index (Phi) is 9.49. The first kappa shape index (κ1) is 28.3. The zero-order valence-electron chi connectivity index (χ0n) is 22.5. The molecule has 3 aromatic rings. The van der Waals surface area contributed by atoms with Crippen molar-refractivity contribution in [1.29, 1.82) is 0 Å². The number of carbonyl (C=O) groups is 2. The number of nitrogens with zero attached hydrogens (tertiary/aromatic N) is 5. The number of aliphatic hydroxyl groups is 1. The molecule has 1 fully saturated rings. The molecule has 1 atom stereocenters. The van der Waals surface area contributed by atoms with E-state index in [0.29, 0.717) is 56.7 Å². The van der Waals surface area contributed by atoms with Gasteiger partial charge in [0, 0.05) is 68.5 Å². The molecule has 3 N–H and O–H groups in total. The first-order chi connectivity index (χ1) is 19.5. The maximum absolute atomic E-state index is 13.3. The van der Waals surface area contributed by atoms with Crippen LogP contribution in [0.4, 0.5) is 5.69 Å². The van der Waals surface area contributed by atoms with Crippen LogP contribution >= 0.6 is 11.3 Å². The summed E-state index contributed by atoms with van der Waals surface area (Å²) in [5.41, 5.74) is 2.57. The number of carbonyl (C=O) groups excluding carboxylic acids is 2. The van der Waals surface area contributed by atoms with Crippen molar-refractivity contribution in [1.82, 2.24) is 30.0 Å². The van der Waals surface area contributed by atoms with Gasteiger partial charge >= 0.3 is 0 Å². The van der Waals surface area contributed by atoms with Crippen molar-refractivity contribution in [3.8, 4) is 10.6 Å². The maximum atomic E-state index is 13.3. The highest BCUT2D eigenvalue weighted by Crippen LogP contribution is 2.27. The molecule has 3 aromatic heterocycles. The Balaban J connectivity index is 1.43. The topological polar surface area (TPSA) is 144 Å². The van der Waals surface area contributed by atoms with Crippen molar-refractivity contribution in [2.24, 2.45) is 0 Å². The number of aliphatic hydroxyl groups excluding tert-OH is 1. The summed E-state index contributed by atoms with van der Waals surface area (Å²) in [5.74, 6) is -0.791. The van der Waals surface area contributed by atoms with Gasteiger partial charge in [0.25, 0.3) is 11.8 Å². The highest BCUT2D eigenvalue weighted by molar-refractivity contribution is 7.13. The summed E-state index contributed by atoms with van der Waals surface area (Å²) in [5, 5.41) is 23.1. The lowest BCUT2D eigenvalue weighted by Gasteiger charge is -2.25. The van der Waals surface area contributed by atoms with Gasteiger partial charge in [-0.15, -0.1) is 11.3 Å². The fraction of sp³-hybridized carbons (Fsp3) is 0.519. The SMILES string of the molecule is CCOC(O)CN1CCCc2cc(ccn2)-c2nc(cs2)C(=O)Nc2cn(C3CCOCC3)nc2C(=O)NCC1. The van der Waals surface area contributed by atoms with Crippen LogP contribution in [0.3, 0.4) is 0 Å². The highest BCUT2D eigenvalue weighted by atomic mass is 32.1. The van der Waals surface area contributed by atoms with Gasteiger partial charge in [0.15, 0.2) is 12.0 Å². The number of aryl methyl sites for hydroxylation is 1. The van der Waals surface area contributed by atoms with Gasteiger partial charge in [0.1, 0.15) is 10.7 Å². The van der Waals surface area contributed by atoms with Crippen molar-refractivity contribution in [3.63, 3.8) is 0 Å². The molecule has 4 bridgehead atoms. The summed E-state index contributed by atoms with van der Waals surface area (Å²) in [7, 11) is 0. The summed E-state index contributed by atoms with van der Waals surface area (Å²) in [6, 6.07) is 3.96. The standard InChI is InChI=1S/C27H35N7O5S/c1-2-39-23(35)16-33-10-3-4-19-14-18(5-8-28-19)27-31-22(17-40-27)25(36)30-21-15-34(20-6-12-38-13-7-20)32-24(21)26(37)29-9-11-33/h5,8,14-15,17,20,23,35H,2-4,6-7,9-13,16H2,1H3,(H,29,37)(H,30,36). The Bertz CT molecular complexity index is 1310. The van der Waals surface area contributed by atoms with Crippen LogP contribution in [0, 0.1) is 0 Å². The van der Waals surface area contributed by atoms with Crippen LogP contribution in [0.2, 0.25) is 0 Å². The Hall–Kier alpha value is -3.23. The molecule has 1 saturated heterocycles. The Labute approximate surface area is 236 Å². The van der Waals surface area contributed by atoms with Gasteiger partial charge in [-0.3, -0.25) is 24.2 Å². The molecular weight excluding hydrogens is 534 g/mol. The molecule has 2 aliphatic heterocycles. The fourth-order valence-electron chi connectivity index (χ4n) is 4.89. The smallest absolute Gasteiger partial charge is 0.275 e. The minimum atomic E-state index is -0.920. The lowest BCUT2D eigenvalue weighted by atomic mass is 10.1. The molecule has 214 valence electrons. The molecule has 0 aliphatic carbocycles. The van der Waals surface area contributed by atoms with E-state index in [-0.39, 0.29) is 23.3 Å². The lowest BCUT2D eigenvalue weighted by Crippen LogP contribution is -2.40. The van der Waals surface area contributed by atoms with E-state index in [9.17, 15) is 14.7 Å². The van der Waals surface area contributed by atoms with E-state index < -0.39 is 12.2 Å². The zero-order valence-corrected chi connectivity index (χ0v) is 23.4. The van der Waals surface area contributed by atoms with Crippen LogP contribution in [0.1, 0.15) is 58.9 Å². The van der Waals surface area contributed by atoms with Crippen molar-refractivity contribution >= 4 is 28.8 Å². The number of amides is 2. The maximum Gasteiger partial charge on any atom is 0.275 e. The van der Waals surface area contributed by atoms with E-state index in [0.717, 1.165) is 36.9 Å². The van der Waals surface area contributed by atoms with Crippen molar-refractivity contribution in [3.05, 3.63) is 47.0 Å². The number of hydrogen-bond acceptors (Lipinski definition) is 10. The highest BCUT2D eigenvalue weighted by Gasteiger charge is 2.25. The normalized spacial score (nSPS) is 18.8. The summed E-state index contributed by atoms with van der Waals surface area (Å²) in [4.78, 5) is 37.6. The zero-order chi connectivity index (χ0) is 27.9. The van der Waals surface area contributed by atoms with Crippen LogP contribution in [0.25, 0.3) is 10.6 Å². The predicted octanol–water partition coefficient (Wildman–Crippen LogP) is 2.34. The van der Waals surface area contributed by atoms with Crippen LogP contribution in [-0.4, -0.2) is 93.9 Å². The summed E-state index contributed by atoms with van der Waals surface area (Å²) in [6.45, 7) is 5.33. The van der Waals surface area contributed by atoms with Gasteiger partial charge in [0.2, 0.25) is 0 Å². The number of pyridine rings is 1. The summed E-state index contributed by atoms with van der Waals surface area (Å²) < 4.78 is 12.6. The van der Waals surface area contributed by atoms with Gasteiger partial charge in [0.05, 0.1) is 11.7 Å². The molecule has 1 unspecified atom stereocenters. The monoisotopic (exact) mass is 569 g/mol. The van der Waals surface area contributed by atoms with Crippen molar-refractivity contribution in [2.45, 2.75) is 44.9 Å². The first-order valence-electron chi connectivity index (χ1n) is 13.7. The van der Waals surface area contributed by atoms with Crippen LogP contribution in [-0.2, 0) is 15.9 Å². The van der Waals surface area contributed by atoms with Gasteiger partial charge in [-0.2, -0.15) is 5.10 Å². The second-order valence-electron chi connectivity index (χ2n) is 9.81. The van der Waals surface area contributed by atoms with E-state index in [2.05, 4.69) is 30.6 Å². The quantitative estimate of drug-likeness (QED) is 0.395. The van der Waals surface area contributed by atoms with E-state index in [4.69, 9.17) is 9.47 Å². The van der Waals surface area contributed by atoms with E-state index in [1.54, 1.807) is 22.5 Å². The largest absolute Gasteiger partial charge is 0.381 e. The number of aromatic nitrogens is 4. The lowest BCUT2D eigenvalue weighted by molar-refractivity contribution is -0.109. The third kappa shape index (κ3) is 7.09. The molecule has 13 heteroatoms. The Morgan fingerprint density at radius 1 is 1.25 bits per heavy atom. The number of hydrogen-bond donors (Lipinski definition) is 3. The van der Waals surface area contributed by atoms with Crippen LogP contribution in [0.5, 0.6) is 0 Å². The molecule has 5 rings (SSSR count). The fourth-order valence-corrected chi connectivity index (χ4v) is 5.68. The third-order valence-electron chi connectivity index (χ3n) is 6.95. The first-order valence-corrected chi connectivity index (χ1v) is 14.6. The molecular formula is C27H35N7O5S. The van der Waals surface area contributed by atoms with Crippen molar-refractivity contribution < 1.29 is 24.2 Å². The number of anilines is 1. The van der Waals surface area contributed by atoms with Gasteiger partial charge in [-0.05, 0) is 51.3 Å². The summed E-state index contributed by atoms with van der Waals surface area (Å²) in [6.07, 6.45) is 5.63. The van der Waals surface area contributed by atoms with Gasteiger partial charge in [-0.1, -0.05) is 0 Å². The number of rotatable bonds is 5. The summed E-state index contributed by atoms with van der Waals surface area (Å²) >= 11 is 1.38. The van der Waals surface area contributed by atoms with Crippen LogP contribution in [0.15, 0.2) is 29.9 Å². The molecule has 0 spiro atoms. The second-order valence-corrected chi connectivity index (χ2v) is 10.7. The van der Waals surface area contributed by atoms with Crippen molar-refractivity contribution in [2.75, 3.05) is 51.3 Å². The molecule has 5 heterocycles. The number of fused-ring (bicyclic) bond motifs is 6. The third-order valence-corrected chi connectivity index (χ3v) is 7.85. The number of nitrogens with one attached hydrogen (secondary N) is 2. The van der Waals surface area contributed by atoms with Crippen LogP contribution < -0.4 is 10.6 Å². The second kappa shape index (κ2) is 13.4. The van der Waals surface area contributed by atoms with E-state index in [1.807, 2.05) is 19.1 Å². The molecule has 0 aromatic carbocycles. The molecule has 2 aliphatic rings. The predicted molar refractivity (Wildman–Crippen MR) is 149 cm³/mol. The molecule has 0 saturated carbocycles. The average Bonchev–Trinajstić information content (AvgIpc) is 3.62. The molecule has 2 amide bonds. The van der Waals surface area contributed by atoms with Gasteiger partial charge in [-0.25, -0.2) is 4.98 Å². The average molecular weight is 570 g/mol. The van der Waals surface area contributed by atoms with Gasteiger partial charge < -0.3 is 25.2 Å². The molecule has 40 heavy (non-hydrogen) atoms. The minimum absolute atomic E-state index is 0.0786. The van der Waals surface area contributed by atoms with E-state index >= 15 is 0 Å². The Morgan fingerprint density at radius 2 is 2.10 bits per heavy atom. The number of thiazole rings is 1. The van der Waals surface area contributed by atoms with E-state index in [1.165, 1.54) is 11.3 Å². The molecule has 12 nitrogen and oxygen atoms in total. The Morgan fingerprint density at radius 3 is 2.92 bits per heavy atom. The minimum Gasteiger partial charge on any atom is -0.381 e. The molecule has 0 radical (unpaired) electrons. The number of ether oxygens (including phenoxy) is 2. The number of β-amino-alcohol motifs (C(OH)–C–C–N with tert-alkyl or cyclic N) is 1.